The second-order valence-electron chi connectivity index (χ2n) is 11.0. The van der Waals surface area contributed by atoms with Gasteiger partial charge in [0, 0.05) is 36.8 Å². The van der Waals surface area contributed by atoms with E-state index in [-0.39, 0.29) is 56.0 Å². The number of nitrogens with two attached hydrogens (primary N) is 3. The second-order valence-corrected chi connectivity index (χ2v) is 11.0. The summed E-state index contributed by atoms with van der Waals surface area (Å²) in [6, 6.07) is -3.26. The van der Waals surface area contributed by atoms with Crippen molar-refractivity contribution >= 4 is 41.2 Å². The lowest BCUT2D eigenvalue weighted by Crippen LogP contribution is -2.64. The number of piperidine rings is 2. The SMILES string of the molecule is CCCC[C@@H]1NC[C@H](C(=O)C2C[C@@H](C(=O)C3C[C@H](C(N)=O)NC(=O)[C@H]3CCCN=C(N)N)NC(=O)[C@H]2C)NC1=O. The number of carbonyl (C=O) groups excluding carboxylic acids is 6. The number of nitrogens with zero attached hydrogens (tertiary/aromatic N) is 1. The smallest absolute Gasteiger partial charge is 0.240 e. The quantitative estimate of drug-likeness (QED) is 0.0759. The van der Waals surface area contributed by atoms with Crippen LogP contribution in [-0.2, 0) is 28.8 Å². The van der Waals surface area contributed by atoms with E-state index in [2.05, 4.69) is 26.3 Å². The van der Waals surface area contributed by atoms with Gasteiger partial charge in [0.1, 0.15) is 12.1 Å². The van der Waals surface area contributed by atoms with Gasteiger partial charge in [0.25, 0.3) is 0 Å². The van der Waals surface area contributed by atoms with Crippen molar-refractivity contribution in [3.63, 3.8) is 0 Å². The second kappa shape index (κ2) is 13.7. The predicted molar refractivity (Wildman–Crippen MR) is 145 cm³/mol. The molecular weight excluding hydrogens is 520 g/mol. The summed E-state index contributed by atoms with van der Waals surface area (Å²) in [5, 5.41) is 11.2. The fourth-order valence-corrected chi connectivity index (χ4v) is 5.85. The van der Waals surface area contributed by atoms with Gasteiger partial charge in [0.05, 0.1) is 12.1 Å². The van der Waals surface area contributed by atoms with E-state index in [1.807, 2.05) is 6.92 Å². The van der Waals surface area contributed by atoms with Crippen molar-refractivity contribution in [1.29, 1.82) is 0 Å². The lowest BCUT2D eigenvalue weighted by Gasteiger charge is -2.40. The van der Waals surface area contributed by atoms with Crippen LogP contribution in [0.25, 0.3) is 0 Å². The minimum atomic E-state index is -1.04. The van der Waals surface area contributed by atoms with Gasteiger partial charge in [-0.15, -0.1) is 0 Å². The number of aliphatic imine (C=N–C) groups is 1. The number of ketones is 2. The van der Waals surface area contributed by atoms with Gasteiger partial charge in [0.15, 0.2) is 17.5 Å². The summed E-state index contributed by atoms with van der Waals surface area (Å²) < 4.78 is 0. The van der Waals surface area contributed by atoms with Crippen LogP contribution in [0.4, 0.5) is 0 Å². The van der Waals surface area contributed by atoms with Crippen LogP contribution in [0.2, 0.25) is 0 Å². The topological polar surface area (TPSA) is 241 Å². The molecule has 4 amide bonds. The molecule has 14 heteroatoms. The average molecular weight is 563 g/mol. The molecule has 3 heterocycles. The molecule has 10 N–H and O–H groups in total. The van der Waals surface area contributed by atoms with E-state index in [9.17, 15) is 28.8 Å². The van der Waals surface area contributed by atoms with E-state index in [0.717, 1.165) is 12.8 Å². The lowest BCUT2D eigenvalue weighted by atomic mass is 9.71. The standard InChI is InChI=1S/C26H42N8O6/c1-3-4-7-16-25(40)34-19(11-31-16)20(35)14-9-17(32-23(38)12(14)2)21(36)15-10-18(22(27)37)33-24(39)13(15)6-5-8-30-26(28)29/h12-19,31H,3-11H2,1-2H3,(H2,27,37)(H,32,38)(H,33,39)(H,34,40)(H4,28,29,30)/t12-,13-,14?,15?,16-,17-,18+,19+/m0/s1. The van der Waals surface area contributed by atoms with E-state index < -0.39 is 65.3 Å². The van der Waals surface area contributed by atoms with Crippen molar-refractivity contribution in [2.75, 3.05) is 13.1 Å². The molecule has 0 saturated carbocycles. The first-order valence-corrected chi connectivity index (χ1v) is 14.0. The molecular formula is C26H42N8O6. The first-order chi connectivity index (χ1) is 18.9. The zero-order valence-electron chi connectivity index (χ0n) is 23.1. The van der Waals surface area contributed by atoms with Crippen molar-refractivity contribution in [2.45, 2.75) is 83.0 Å². The number of unbranched alkanes of at least 4 members (excludes halogenated alkanes) is 1. The van der Waals surface area contributed by atoms with Gasteiger partial charge in [-0.1, -0.05) is 26.7 Å². The Kier molecular flexibility index (Phi) is 10.6. The van der Waals surface area contributed by atoms with E-state index in [1.54, 1.807) is 6.92 Å². The predicted octanol–water partition coefficient (Wildman–Crippen LogP) is -2.43. The molecule has 3 rings (SSSR count). The Morgan fingerprint density at radius 3 is 2.08 bits per heavy atom. The van der Waals surface area contributed by atoms with Crippen molar-refractivity contribution < 1.29 is 28.8 Å². The highest BCUT2D eigenvalue weighted by Crippen LogP contribution is 2.33. The Hall–Kier alpha value is -3.55. The van der Waals surface area contributed by atoms with Gasteiger partial charge in [-0.25, -0.2) is 0 Å². The van der Waals surface area contributed by atoms with Crippen LogP contribution in [-0.4, -0.2) is 78.4 Å². The maximum atomic E-state index is 13.8. The summed E-state index contributed by atoms with van der Waals surface area (Å²) in [5.74, 6) is -6.04. The molecule has 0 bridgehead atoms. The maximum absolute atomic E-state index is 13.8. The van der Waals surface area contributed by atoms with Crippen LogP contribution in [0, 0.1) is 23.7 Å². The Balaban J connectivity index is 1.74. The summed E-state index contributed by atoms with van der Waals surface area (Å²) in [5.41, 5.74) is 16.2. The Morgan fingerprint density at radius 1 is 0.825 bits per heavy atom. The molecule has 0 aromatic rings. The van der Waals surface area contributed by atoms with Crippen LogP contribution < -0.4 is 38.5 Å². The number of rotatable bonds is 12. The number of guanidine groups is 1. The first-order valence-electron chi connectivity index (χ1n) is 14.0. The third-order valence-electron chi connectivity index (χ3n) is 8.23. The molecule has 3 aliphatic heterocycles. The van der Waals surface area contributed by atoms with Gasteiger partial charge in [0.2, 0.25) is 23.6 Å². The van der Waals surface area contributed by atoms with E-state index in [1.165, 1.54) is 0 Å². The Labute approximate surface area is 233 Å². The summed E-state index contributed by atoms with van der Waals surface area (Å²) in [7, 11) is 0. The summed E-state index contributed by atoms with van der Waals surface area (Å²) in [6.45, 7) is 4.14. The van der Waals surface area contributed by atoms with Gasteiger partial charge in [-0.3, -0.25) is 33.8 Å². The number of nitrogens with one attached hydrogen (secondary N) is 4. The molecule has 3 fully saturated rings. The van der Waals surface area contributed by atoms with Gasteiger partial charge < -0.3 is 38.5 Å². The monoisotopic (exact) mass is 562 g/mol. The minimum absolute atomic E-state index is 0.0187. The zero-order chi connectivity index (χ0) is 29.6. The summed E-state index contributed by atoms with van der Waals surface area (Å²) in [6.07, 6.45) is 3.16. The molecule has 0 radical (unpaired) electrons. The molecule has 8 atom stereocenters. The number of primary amides is 1. The number of hydrogen-bond donors (Lipinski definition) is 7. The first kappa shape index (κ1) is 31.0. The normalized spacial score (nSPS) is 32.3. The number of carbonyl (C=O) groups is 6. The molecule has 0 aliphatic carbocycles. The van der Waals surface area contributed by atoms with Crippen molar-refractivity contribution in [3.05, 3.63) is 0 Å². The van der Waals surface area contributed by atoms with Crippen LogP contribution >= 0.6 is 0 Å². The maximum Gasteiger partial charge on any atom is 0.240 e. The van der Waals surface area contributed by atoms with Crippen molar-refractivity contribution in [3.8, 4) is 0 Å². The van der Waals surface area contributed by atoms with Crippen LogP contribution in [0.5, 0.6) is 0 Å². The Bertz CT molecular complexity index is 1040. The molecule has 40 heavy (non-hydrogen) atoms. The largest absolute Gasteiger partial charge is 0.370 e. The zero-order valence-corrected chi connectivity index (χ0v) is 23.1. The molecule has 0 aromatic heterocycles. The third kappa shape index (κ3) is 7.34. The van der Waals surface area contributed by atoms with Gasteiger partial charge in [-0.2, -0.15) is 0 Å². The molecule has 0 spiro atoms. The fraction of sp³-hybridized carbons (Fsp3) is 0.731. The van der Waals surface area contributed by atoms with Gasteiger partial charge in [-0.05, 0) is 32.1 Å². The lowest BCUT2D eigenvalue weighted by molar-refractivity contribution is -0.146. The highest BCUT2D eigenvalue weighted by molar-refractivity contribution is 6.01. The van der Waals surface area contributed by atoms with Gasteiger partial charge >= 0.3 is 0 Å². The van der Waals surface area contributed by atoms with E-state index in [4.69, 9.17) is 17.2 Å². The van der Waals surface area contributed by atoms with Crippen LogP contribution in [0.1, 0.15) is 58.8 Å². The number of amides is 4. The molecule has 0 aromatic carbocycles. The molecule has 222 valence electrons. The Morgan fingerprint density at radius 2 is 1.45 bits per heavy atom. The summed E-state index contributed by atoms with van der Waals surface area (Å²) >= 11 is 0. The number of hydrogen-bond acceptors (Lipinski definition) is 8. The molecule has 2 unspecified atom stereocenters. The third-order valence-corrected chi connectivity index (χ3v) is 8.23. The van der Waals surface area contributed by atoms with E-state index in [0.29, 0.717) is 12.8 Å². The number of piperazine rings is 1. The molecule has 3 saturated heterocycles. The molecule has 3 aliphatic rings. The van der Waals surface area contributed by atoms with E-state index >= 15 is 0 Å². The highest BCUT2D eigenvalue weighted by atomic mass is 16.2. The summed E-state index contributed by atoms with van der Waals surface area (Å²) in [4.78, 5) is 81.5. The number of Topliss-reactive ketones (excluding diaryl/α,β-unsaturated/α-hetero) is 2. The fourth-order valence-electron chi connectivity index (χ4n) is 5.85. The van der Waals surface area contributed by atoms with Crippen LogP contribution in [0.3, 0.4) is 0 Å². The van der Waals surface area contributed by atoms with Crippen molar-refractivity contribution in [1.82, 2.24) is 21.3 Å². The average Bonchev–Trinajstić information content (AvgIpc) is 2.91. The minimum Gasteiger partial charge on any atom is -0.370 e. The molecule has 14 nitrogen and oxygen atoms in total. The highest BCUT2D eigenvalue weighted by Gasteiger charge is 2.48. The van der Waals surface area contributed by atoms with Crippen molar-refractivity contribution in [2.24, 2.45) is 45.9 Å². The van der Waals surface area contributed by atoms with Crippen LogP contribution in [0.15, 0.2) is 4.99 Å².